The normalized spacial score (nSPS) is 47.7. The van der Waals surface area contributed by atoms with Crippen LogP contribution >= 0.6 is 0 Å². The SMILES string of the molecule is C[C@@H]1O[C@]2(CCCC2=O)C[C@@H]1C. The zero-order valence-corrected chi connectivity index (χ0v) is 7.80. The molecule has 2 aliphatic rings. The predicted octanol–water partition coefficient (Wildman–Crippen LogP) is 1.92. The highest BCUT2D eigenvalue weighted by molar-refractivity contribution is 5.89. The Morgan fingerprint density at radius 3 is 2.67 bits per heavy atom. The molecule has 1 saturated carbocycles. The summed E-state index contributed by atoms with van der Waals surface area (Å²) in [6, 6.07) is 0. The molecule has 1 heterocycles. The van der Waals surface area contributed by atoms with Crippen LogP contribution in [0.25, 0.3) is 0 Å². The Morgan fingerprint density at radius 2 is 2.25 bits per heavy atom. The molecule has 0 bridgehead atoms. The van der Waals surface area contributed by atoms with Gasteiger partial charge >= 0.3 is 0 Å². The molecule has 3 atom stereocenters. The van der Waals surface area contributed by atoms with Crippen molar-refractivity contribution in [3.05, 3.63) is 0 Å². The summed E-state index contributed by atoms with van der Waals surface area (Å²) in [6.45, 7) is 4.25. The van der Waals surface area contributed by atoms with Gasteiger partial charge in [-0.05, 0) is 32.1 Å². The van der Waals surface area contributed by atoms with E-state index in [1.54, 1.807) is 0 Å². The number of carbonyl (C=O) groups excluding carboxylic acids is 1. The zero-order chi connectivity index (χ0) is 8.77. The summed E-state index contributed by atoms with van der Waals surface area (Å²) in [5.41, 5.74) is -0.348. The molecule has 2 fully saturated rings. The molecule has 12 heavy (non-hydrogen) atoms. The number of Topliss-reactive ketones (excluding diaryl/α,β-unsaturated/α-hetero) is 1. The van der Waals surface area contributed by atoms with Gasteiger partial charge in [0.2, 0.25) is 0 Å². The van der Waals surface area contributed by atoms with Crippen LogP contribution < -0.4 is 0 Å². The van der Waals surface area contributed by atoms with Crippen LogP contribution in [0, 0.1) is 5.92 Å². The number of ketones is 1. The molecular weight excluding hydrogens is 152 g/mol. The van der Waals surface area contributed by atoms with E-state index in [0.717, 1.165) is 25.7 Å². The summed E-state index contributed by atoms with van der Waals surface area (Å²) in [5.74, 6) is 0.894. The first-order valence-electron chi connectivity index (χ1n) is 4.85. The van der Waals surface area contributed by atoms with E-state index in [4.69, 9.17) is 4.74 Å². The molecule has 2 rings (SSSR count). The fourth-order valence-corrected chi connectivity index (χ4v) is 2.45. The summed E-state index contributed by atoms with van der Waals surface area (Å²) in [4.78, 5) is 11.6. The molecule has 2 heteroatoms. The Bertz CT molecular complexity index is 200. The van der Waals surface area contributed by atoms with E-state index in [9.17, 15) is 4.79 Å². The molecule has 0 amide bonds. The molecule has 0 unspecified atom stereocenters. The van der Waals surface area contributed by atoms with Gasteiger partial charge in [-0.15, -0.1) is 0 Å². The number of carbonyl (C=O) groups is 1. The van der Waals surface area contributed by atoms with Crippen molar-refractivity contribution in [1.82, 2.24) is 0 Å². The van der Waals surface area contributed by atoms with E-state index in [2.05, 4.69) is 13.8 Å². The third-order valence-corrected chi connectivity index (χ3v) is 3.36. The average molecular weight is 168 g/mol. The van der Waals surface area contributed by atoms with E-state index < -0.39 is 0 Å². The summed E-state index contributed by atoms with van der Waals surface area (Å²) >= 11 is 0. The van der Waals surface area contributed by atoms with Crippen LogP contribution in [0.3, 0.4) is 0 Å². The Kier molecular flexibility index (Phi) is 1.76. The number of hydrogen-bond acceptors (Lipinski definition) is 2. The average Bonchev–Trinajstić information content (AvgIpc) is 2.45. The minimum absolute atomic E-state index is 0.270. The lowest BCUT2D eigenvalue weighted by Crippen LogP contribution is -2.33. The van der Waals surface area contributed by atoms with Crippen molar-refractivity contribution in [1.29, 1.82) is 0 Å². The van der Waals surface area contributed by atoms with E-state index >= 15 is 0 Å². The van der Waals surface area contributed by atoms with Gasteiger partial charge in [-0.3, -0.25) is 4.79 Å². The quantitative estimate of drug-likeness (QED) is 0.552. The molecule has 1 spiro atoms. The van der Waals surface area contributed by atoms with Gasteiger partial charge in [0.25, 0.3) is 0 Å². The van der Waals surface area contributed by atoms with Gasteiger partial charge in [-0.25, -0.2) is 0 Å². The highest BCUT2D eigenvalue weighted by Gasteiger charge is 2.50. The molecule has 68 valence electrons. The monoisotopic (exact) mass is 168 g/mol. The van der Waals surface area contributed by atoms with Gasteiger partial charge in [0, 0.05) is 6.42 Å². The van der Waals surface area contributed by atoms with Crippen LogP contribution in [0.5, 0.6) is 0 Å². The second kappa shape index (κ2) is 2.56. The lowest BCUT2D eigenvalue weighted by molar-refractivity contribution is -0.138. The Morgan fingerprint density at radius 1 is 1.50 bits per heavy atom. The van der Waals surface area contributed by atoms with E-state index in [1.165, 1.54) is 0 Å². The maximum atomic E-state index is 11.6. The Balaban J connectivity index is 2.18. The van der Waals surface area contributed by atoms with Crippen molar-refractivity contribution in [3.63, 3.8) is 0 Å². The summed E-state index contributed by atoms with van der Waals surface area (Å²) in [6.07, 6.45) is 3.94. The Hall–Kier alpha value is -0.370. The fraction of sp³-hybridized carbons (Fsp3) is 0.900. The maximum absolute atomic E-state index is 11.6. The van der Waals surface area contributed by atoms with Crippen LogP contribution in [0.4, 0.5) is 0 Å². The second-order valence-corrected chi connectivity index (χ2v) is 4.28. The van der Waals surface area contributed by atoms with Gasteiger partial charge in [-0.2, -0.15) is 0 Å². The zero-order valence-electron chi connectivity index (χ0n) is 7.80. The lowest BCUT2D eigenvalue weighted by atomic mass is 9.91. The smallest absolute Gasteiger partial charge is 0.164 e. The molecule has 0 N–H and O–H groups in total. The Labute approximate surface area is 73.3 Å². The van der Waals surface area contributed by atoms with Crippen LogP contribution in [-0.4, -0.2) is 17.5 Å². The molecule has 1 aliphatic heterocycles. The van der Waals surface area contributed by atoms with Crippen LogP contribution in [0.1, 0.15) is 39.5 Å². The first kappa shape index (κ1) is 8.24. The van der Waals surface area contributed by atoms with Gasteiger partial charge in [0.05, 0.1) is 6.10 Å². The van der Waals surface area contributed by atoms with Crippen molar-refractivity contribution >= 4 is 5.78 Å². The van der Waals surface area contributed by atoms with Crippen LogP contribution in [0.2, 0.25) is 0 Å². The largest absolute Gasteiger partial charge is 0.364 e. The minimum Gasteiger partial charge on any atom is -0.364 e. The van der Waals surface area contributed by atoms with Crippen LogP contribution in [-0.2, 0) is 9.53 Å². The topological polar surface area (TPSA) is 26.3 Å². The van der Waals surface area contributed by atoms with Gasteiger partial charge in [0.1, 0.15) is 5.60 Å². The van der Waals surface area contributed by atoms with Gasteiger partial charge in [0.15, 0.2) is 5.78 Å². The van der Waals surface area contributed by atoms with E-state index in [0.29, 0.717) is 11.7 Å². The highest BCUT2D eigenvalue weighted by Crippen LogP contribution is 2.43. The molecular formula is C10H16O2. The van der Waals surface area contributed by atoms with Crippen molar-refractivity contribution in [2.45, 2.75) is 51.2 Å². The van der Waals surface area contributed by atoms with E-state index in [1.807, 2.05) is 0 Å². The fourth-order valence-electron chi connectivity index (χ4n) is 2.45. The molecule has 1 saturated heterocycles. The minimum atomic E-state index is -0.348. The third-order valence-electron chi connectivity index (χ3n) is 3.36. The lowest BCUT2D eigenvalue weighted by Gasteiger charge is -2.20. The summed E-state index contributed by atoms with van der Waals surface area (Å²) < 4.78 is 5.78. The first-order valence-corrected chi connectivity index (χ1v) is 4.85. The molecule has 1 aliphatic carbocycles. The van der Waals surface area contributed by atoms with Gasteiger partial charge < -0.3 is 4.74 Å². The first-order chi connectivity index (χ1) is 5.64. The molecule has 0 aromatic carbocycles. The van der Waals surface area contributed by atoms with Crippen LogP contribution in [0.15, 0.2) is 0 Å². The maximum Gasteiger partial charge on any atom is 0.164 e. The molecule has 0 radical (unpaired) electrons. The van der Waals surface area contributed by atoms with Crippen molar-refractivity contribution in [2.75, 3.05) is 0 Å². The highest BCUT2D eigenvalue weighted by atomic mass is 16.5. The summed E-state index contributed by atoms with van der Waals surface area (Å²) in [5, 5.41) is 0. The van der Waals surface area contributed by atoms with Crippen molar-refractivity contribution < 1.29 is 9.53 Å². The third kappa shape index (κ3) is 1.01. The number of hydrogen-bond donors (Lipinski definition) is 0. The standard InChI is InChI=1S/C10H16O2/c1-7-6-10(12-8(7)2)5-3-4-9(10)11/h7-8H,3-6H2,1-2H3/t7-,8-,10+/m0/s1. The molecule has 2 nitrogen and oxygen atoms in total. The number of rotatable bonds is 0. The summed E-state index contributed by atoms with van der Waals surface area (Å²) in [7, 11) is 0. The van der Waals surface area contributed by atoms with Crippen molar-refractivity contribution in [3.8, 4) is 0 Å². The van der Waals surface area contributed by atoms with Gasteiger partial charge in [-0.1, -0.05) is 6.92 Å². The van der Waals surface area contributed by atoms with Crippen molar-refractivity contribution in [2.24, 2.45) is 5.92 Å². The number of ether oxygens (including phenoxy) is 1. The molecule has 0 aromatic rings. The molecule has 0 aromatic heterocycles. The van der Waals surface area contributed by atoms with E-state index in [-0.39, 0.29) is 11.7 Å². The second-order valence-electron chi connectivity index (χ2n) is 4.28. The predicted molar refractivity (Wildman–Crippen MR) is 45.9 cm³/mol.